The highest BCUT2D eigenvalue weighted by atomic mass is 15.0. The van der Waals surface area contributed by atoms with Crippen molar-refractivity contribution >= 4 is 127 Å². The quantitative estimate of drug-likeness (QED) is 0.145. The fraction of sp³-hybridized carbons (Fsp3) is 0.0175. The van der Waals surface area contributed by atoms with Crippen LogP contribution in [0.3, 0.4) is 0 Å². The predicted molar refractivity (Wildman–Crippen MR) is 491 cm³/mol. The van der Waals surface area contributed by atoms with Crippen LogP contribution in [0.1, 0.15) is 94.6 Å². The van der Waals surface area contributed by atoms with Crippen molar-refractivity contribution in [2.24, 2.45) is 15.9 Å². The van der Waals surface area contributed by atoms with Crippen molar-refractivity contribution < 1.29 is 0 Å². The molecule has 0 amide bonds. The van der Waals surface area contributed by atoms with Gasteiger partial charge in [-0.25, -0.2) is 0 Å². The van der Waals surface area contributed by atoms with Crippen molar-refractivity contribution in [1.82, 2.24) is 4.57 Å². The summed E-state index contributed by atoms with van der Waals surface area (Å²) in [6, 6.07) is 139. The van der Waals surface area contributed by atoms with Crippen LogP contribution in [-0.2, 0) is 6.42 Å². The zero-order chi connectivity index (χ0) is 76.8. The Morgan fingerprint density at radius 2 is 0.632 bits per heavy atom. The Bertz CT molecular complexity index is 7580. The van der Waals surface area contributed by atoms with Crippen molar-refractivity contribution in [2.45, 2.75) is 6.42 Å². The largest absolute Gasteiger partial charge is 0.309 e. The highest BCUT2D eigenvalue weighted by Gasteiger charge is 2.43. The van der Waals surface area contributed by atoms with Crippen molar-refractivity contribution in [2.75, 3.05) is 0 Å². The lowest BCUT2D eigenvalue weighted by Gasteiger charge is -2.18. The topological polar surface area (TPSA) is 29.6 Å². The van der Waals surface area contributed by atoms with Gasteiger partial charge in [0.15, 0.2) is 0 Å². The van der Waals surface area contributed by atoms with Gasteiger partial charge in [-0.05, 0) is 237 Å². The molecule has 542 valence electrons. The first-order valence-electron chi connectivity index (χ1n) is 40.7. The number of hydrogen-bond acceptors (Lipinski definition) is 2. The molecule has 0 bridgehead atoms. The van der Waals surface area contributed by atoms with Gasteiger partial charge in [-0.2, -0.15) is 0 Å². The second-order valence-corrected chi connectivity index (χ2v) is 31.4. The van der Waals surface area contributed by atoms with Crippen molar-refractivity contribution in [3.8, 4) is 16.8 Å². The molecule has 1 atom stereocenters. The van der Waals surface area contributed by atoms with E-state index in [-0.39, 0.29) is 5.92 Å². The van der Waals surface area contributed by atoms with Gasteiger partial charge in [0.05, 0.1) is 28.1 Å². The molecule has 0 N–H and O–H groups in total. The average molecular weight is 1480 g/mol. The molecule has 3 nitrogen and oxygen atoms in total. The van der Waals surface area contributed by atoms with E-state index in [1.54, 1.807) is 0 Å². The molecule has 3 heterocycles. The minimum absolute atomic E-state index is 0.212. The summed E-state index contributed by atoms with van der Waals surface area (Å²) in [5.41, 5.74) is 49.0. The van der Waals surface area contributed by atoms with E-state index < -0.39 is 0 Å². The van der Waals surface area contributed by atoms with Crippen LogP contribution in [0.4, 0.5) is 5.69 Å². The summed E-state index contributed by atoms with van der Waals surface area (Å²) in [5.74, 6) is 0.212. The summed E-state index contributed by atoms with van der Waals surface area (Å²) < 4.78 is 2.42. The van der Waals surface area contributed by atoms with Gasteiger partial charge in [-0.15, -0.1) is 0 Å². The van der Waals surface area contributed by atoms with Gasteiger partial charge in [-0.1, -0.05) is 358 Å². The third-order valence-electron chi connectivity index (χ3n) is 25.3. The van der Waals surface area contributed by atoms with Gasteiger partial charge in [0.1, 0.15) is 0 Å². The Labute approximate surface area is 679 Å². The van der Waals surface area contributed by atoms with Crippen LogP contribution in [-0.4, -0.2) is 16.0 Å². The third-order valence-corrected chi connectivity index (χ3v) is 25.3. The molecule has 1 aromatic heterocycles. The van der Waals surface area contributed by atoms with E-state index in [0.29, 0.717) is 0 Å². The van der Waals surface area contributed by atoms with E-state index in [1.807, 2.05) is 0 Å². The number of hydrogen-bond donors (Lipinski definition) is 0. The minimum atomic E-state index is 0.212. The van der Waals surface area contributed by atoms with E-state index in [0.717, 1.165) is 17.8 Å². The van der Waals surface area contributed by atoms with Gasteiger partial charge in [0, 0.05) is 46.1 Å². The number of aromatic nitrogens is 1. The Hall–Kier alpha value is -15.2. The number of para-hydroxylation sites is 2. The van der Waals surface area contributed by atoms with E-state index in [9.17, 15) is 0 Å². The van der Waals surface area contributed by atoms with E-state index >= 15 is 0 Å². The van der Waals surface area contributed by atoms with Gasteiger partial charge in [-0.3, -0.25) is 9.98 Å². The van der Waals surface area contributed by atoms with Crippen molar-refractivity contribution in [1.29, 1.82) is 0 Å². The van der Waals surface area contributed by atoms with Gasteiger partial charge in [0.2, 0.25) is 0 Å². The van der Waals surface area contributed by atoms with Crippen LogP contribution in [0.15, 0.2) is 428 Å². The fourth-order valence-electron chi connectivity index (χ4n) is 20.4. The standard InChI is InChI=1S/C50H31N.C34H21N.C30H19N/c1-3-14-32(15-4-1)34-26-28-45-43(30-34)44-31-35(27-29-46(44)51(45)36-18-5-2-6-19-36)47-39-21-9-11-23-41(39)50-48(40-22-10-12-24-42(40)49(47)50)38-25-13-17-33-16-7-8-20-37(33)38;1-2-12-22-21(10-1)11-9-18-24(22)31-25-14-3-5-16-27(25)34-32(26-15-4-6-17-28(26)33(31)34)29-20-35-30-19-8-7-13-23(29)30;1-2-10-19(11-3-1)27-21-13-5-7-15-23(21)30-28(22-14-6-8-16-24(22)29(27)30)26-18-20-12-4-9-17-25(20)31-26/h1-31H;1-20,23H;1-17H,18H2. The maximum Gasteiger partial charge on any atom is 0.0669 e. The molecular weight excluding hydrogens is 1410 g/mol. The smallest absolute Gasteiger partial charge is 0.0669 e. The zero-order valence-corrected chi connectivity index (χ0v) is 63.9. The molecule has 9 aliphatic rings. The third kappa shape index (κ3) is 10.3. The molecule has 7 aliphatic carbocycles. The Morgan fingerprint density at radius 1 is 0.256 bits per heavy atom. The van der Waals surface area contributed by atoms with Crippen LogP contribution in [0.25, 0.3) is 127 Å². The number of allylic oxidation sites excluding steroid dienone is 13. The average Bonchev–Trinajstić information content (AvgIpc) is 1.42. The van der Waals surface area contributed by atoms with Crippen molar-refractivity contribution in [3.05, 3.63) is 513 Å². The fourth-order valence-corrected chi connectivity index (χ4v) is 20.4. The summed E-state index contributed by atoms with van der Waals surface area (Å²) in [6.45, 7) is 0. The summed E-state index contributed by atoms with van der Waals surface area (Å²) in [6.07, 6.45) is 11.6. The molecule has 16 aromatic carbocycles. The lowest BCUT2D eigenvalue weighted by molar-refractivity contribution is 1.10. The van der Waals surface area contributed by atoms with Gasteiger partial charge < -0.3 is 4.57 Å². The summed E-state index contributed by atoms with van der Waals surface area (Å²) >= 11 is 0. The lowest BCUT2D eigenvalue weighted by Crippen LogP contribution is -2.11. The van der Waals surface area contributed by atoms with Gasteiger partial charge in [0.25, 0.3) is 0 Å². The molecule has 1 unspecified atom stereocenters. The Morgan fingerprint density at radius 3 is 1.16 bits per heavy atom. The summed E-state index contributed by atoms with van der Waals surface area (Å²) in [4.78, 5) is 9.91. The summed E-state index contributed by atoms with van der Waals surface area (Å²) in [5, 5.41) is 7.63. The van der Waals surface area contributed by atoms with E-state index in [1.165, 1.54) is 233 Å². The Kier molecular flexibility index (Phi) is 15.2. The van der Waals surface area contributed by atoms with Crippen molar-refractivity contribution in [3.63, 3.8) is 0 Å². The maximum atomic E-state index is 5.10. The molecule has 26 rings (SSSR count). The van der Waals surface area contributed by atoms with E-state index in [2.05, 4.69) is 417 Å². The second kappa shape index (κ2) is 26.8. The summed E-state index contributed by atoms with van der Waals surface area (Å²) in [7, 11) is 0. The molecule has 0 saturated carbocycles. The number of aliphatic imine (C=N–C) groups is 2. The SMILES string of the molecule is C1=CC2=NC=C(C3=C4C(=C(c5cccc6ccccc56)c5ccccc54)c4ccccc43)C2C=C1.c1ccc(-c2ccc3c(c2)c2cc(C4=C5C(=C(c6cccc7ccccc67)c6ccccc65)c5ccccc54)ccc2n3-c2ccccc2)cc1.c1ccc(C2=C3C(=C(C4=Nc5ccccc5C4)c4ccccc43)c3ccccc32)cc1. The monoisotopic (exact) mass is 1480 g/mol. The first kappa shape index (κ1) is 66.4. The molecule has 0 radical (unpaired) electrons. The zero-order valence-electron chi connectivity index (χ0n) is 63.9. The molecule has 117 heavy (non-hydrogen) atoms. The molecule has 17 aromatic rings. The molecule has 0 fully saturated rings. The van der Waals surface area contributed by atoms with Crippen LogP contribution >= 0.6 is 0 Å². The molecule has 2 aliphatic heterocycles. The number of benzene rings is 16. The highest BCUT2D eigenvalue weighted by molar-refractivity contribution is 6.47. The number of nitrogens with zero attached hydrogens (tertiary/aromatic N) is 3. The molecule has 0 spiro atoms. The first-order chi connectivity index (χ1) is 58.1. The van der Waals surface area contributed by atoms with Crippen LogP contribution in [0.5, 0.6) is 0 Å². The predicted octanol–water partition coefficient (Wildman–Crippen LogP) is 28.2. The lowest BCUT2D eigenvalue weighted by atomic mass is 9.84. The second-order valence-electron chi connectivity index (χ2n) is 31.4. The molecule has 3 heteroatoms. The normalized spacial score (nSPS) is 15.6. The van der Waals surface area contributed by atoms with Crippen LogP contribution in [0, 0.1) is 5.92 Å². The van der Waals surface area contributed by atoms with E-state index in [4.69, 9.17) is 9.98 Å². The van der Waals surface area contributed by atoms with Crippen LogP contribution in [0.2, 0.25) is 0 Å². The van der Waals surface area contributed by atoms with Gasteiger partial charge >= 0.3 is 0 Å². The Balaban J connectivity index is 0.000000105. The minimum Gasteiger partial charge on any atom is -0.309 e. The number of fused-ring (bicyclic) bond motifs is 22. The molecular formula is C114H71N3. The van der Waals surface area contributed by atoms with Crippen LogP contribution < -0.4 is 0 Å². The maximum absolute atomic E-state index is 5.10. The highest BCUT2D eigenvalue weighted by Crippen LogP contribution is 2.63. The first-order valence-corrected chi connectivity index (χ1v) is 40.7. The molecule has 0 saturated heterocycles. The number of rotatable bonds is 8.